The number of rotatable bonds is 4. The highest BCUT2D eigenvalue weighted by atomic mass is 16.6. The van der Waals surface area contributed by atoms with Gasteiger partial charge in [0.15, 0.2) is 0 Å². The Morgan fingerprint density at radius 1 is 1.70 bits per heavy atom. The van der Waals surface area contributed by atoms with Gasteiger partial charge in [-0.1, -0.05) is 12.1 Å². The summed E-state index contributed by atoms with van der Waals surface area (Å²) in [4.78, 5) is 5.09. The summed E-state index contributed by atoms with van der Waals surface area (Å²) in [5.74, 6) is 0. The average Bonchev–Trinajstić information content (AvgIpc) is 1.99. The second kappa shape index (κ2) is 5.27. The maximum absolute atomic E-state index is 5.09. The zero-order valence-electron chi connectivity index (χ0n) is 7.05. The van der Waals surface area contributed by atoms with Crippen molar-refractivity contribution in [2.75, 3.05) is 0 Å². The molecule has 0 rings (SSSR count). The lowest BCUT2D eigenvalue weighted by Gasteiger charge is -2.05. The predicted molar refractivity (Wildman–Crippen MR) is 43.9 cm³/mol. The zero-order valence-corrected chi connectivity index (χ0v) is 7.05. The summed E-state index contributed by atoms with van der Waals surface area (Å²) in [6.45, 7) is 9.66. The van der Waals surface area contributed by atoms with Gasteiger partial charge in [0.25, 0.3) is 0 Å². The Bertz CT molecular complexity index is 110. The summed E-state index contributed by atoms with van der Waals surface area (Å²) in [5.41, 5.74) is 0.945. The first kappa shape index (κ1) is 9.47. The molecule has 10 heavy (non-hydrogen) atoms. The van der Waals surface area contributed by atoms with Crippen molar-refractivity contribution in [3.8, 4) is 0 Å². The quantitative estimate of drug-likeness (QED) is 0.436. The fraction of sp³-hybridized carbons (Fsp3) is 0.750. The van der Waals surface area contributed by atoms with Crippen molar-refractivity contribution in [3.63, 3.8) is 0 Å². The van der Waals surface area contributed by atoms with Gasteiger partial charge in [0.2, 0.25) is 0 Å². The van der Waals surface area contributed by atoms with Crippen molar-refractivity contribution in [3.05, 3.63) is 6.92 Å². The Hall–Kier alpha value is -0.530. The molecule has 1 atom stereocenters. The minimum atomic E-state index is 0.224. The monoisotopic (exact) mass is 142 g/mol. The first-order valence-corrected chi connectivity index (χ1v) is 3.69. The molecule has 2 heteroatoms. The second-order valence-corrected chi connectivity index (χ2v) is 2.40. The Labute approximate surface area is 63.3 Å². The molecule has 59 valence electrons. The van der Waals surface area contributed by atoms with Gasteiger partial charge in [-0.3, -0.25) is 0 Å². The molecule has 0 saturated carbocycles. The molecule has 1 radical (unpaired) electrons. The predicted octanol–water partition coefficient (Wildman–Crippen LogP) is 2.40. The number of nitrogens with zero attached hydrogens (tertiary/aromatic N) is 1. The van der Waals surface area contributed by atoms with Crippen molar-refractivity contribution < 1.29 is 4.84 Å². The van der Waals surface area contributed by atoms with Gasteiger partial charge in [0, 0.05) is 0 Å². The lowest BCUT2D eigenvalue weighted by atomic mass is 10.3. The summed E-state index contributed by atoms with van der Waals surface area (Å²) in [7, 11) is 0. The van der Waals surface area contributed by atoms with Gasteiger partial charge < -0.3 is 4.84 Å². The summed E-state index contributed by atoms with van der Waals surface area (Å²) in [6.07, 6.45) is 1.94. The maximum Gasteiger partial charge on any atom is 0.124 e. The van der Waals surface area contributed by atoms with Gasteiger partial charge >= 0.3 is 0 Å². The molecule has 0 aromatic heterocycles. The molecular formula is C8H16NO. The molecule has 0 aliphatic heterocycles. The van der Waals surface area contributed by atoms with Crippen molar-refractivity contribution in [1.29, 1.82) is 0 Å². The summed E-state index contributed by atoms with van der Waals surface area (Å²) in [5, 5.41) is 3.87. The molecule has 0 saturated heterocycles. The van der Waals surface area contributed by atoms with Crippen LogP contribution in [-0.2, 0) is 4.84 Å². The van der Waals surface area contributed by atoms with Crippen LogP contribution in [-0.4, -0.2) is 11.8 Å². The van der Waals surface area contributed by atoms with Gasteiger partial charge in [-0.15, -0.1) is 0 Å². The second-order valence-electron chi connectivity index (χ2n) is 2.40. The van der Waals surface area contributed by atoms with E-state index < -0.39 is 0 Å². The van der Waals surface area contributed by atoms with Crippen LogP contribution >= 0.6 is 0 Å². The Kier molecular flexibility index (Phi) is 4.99. The minimum absolute atomic E-state index is 0.224. The lowest BCUT2D eigenvalue weighted by molar-refractivity contribution is 0.0695. The molecule has 0 amide bonds. The van der Waals surface area contributed by atoms with Crippen LogP contribution in [0.25, 0.3) is 0 Å². The minimum Gasteiger partial charge on any atom is -0.393 e. The van der Waals surface area contributed by atoms with Crippen LogP contribution in [0.3, 0.4) is 0 Å². The van der Waals surface area contributed by atoms with E-state index in [-0.39, 0.29) is 6.10 Å². The fourth-order valence-electron chi connectivity index (χ4n) is 0.300. The van der Waals surface area contributed by atoms with Crippen LogP contribution in [0.5, 0.6) is 0 Å². The highest BCUT2D eigenvalue weighted by Crippen LogP contribution is 1.97. The first-order valence-electron chi connectivity index (χ1n) is 3.69. The third kappa shape index (κ3) is 4.36. The van der Waals surface area contributed by atoms with Crippen molar-refractivity contribution >= 4 is 5.71 Å². The van der Waals surface area contributed by atoms with Crippen molar-refractivity contribution in [2.24, 2.45) is 5.16 Å². The van der Waals surface area contributed by atoms with Gasteiger partial charge in [-0.2, -0.15) is 0 Å². The molecular weight excluding hydrogens is 126 g/mol. The Balaban J connectivity index is 3.50. The van der Waals surface area contributed by atoms with Gasteiger partial charge in [0.05, 0.1) is 5.71 Å². The van der Waals surface area contributed by atoms with Crippen LogP contribution in [0.2, 0.25) is 0 Å². The zero-order chi connectivity index (χ0) is 7.98. The molecule has 0 aliphatic carbocycles. The number of oxime groups is 1. The normalized spacial score (nSPS) is 15.0. The summed E-state index contributed by atoms with van der Waals surface area (Å²) in [6, 6.07) is 0. The third-order valence-corrected chi connectivity index (χ3v) is 1.33. The van der Waals surface area contributed by atoms with E-state index in [1.807, 2.05) is 13.8 Å². The highest BCUT2D eigenvalue weighted by molar-refractivity contribution is 5.81. The van der Waals surface area contributed by atoms with Crippen LogP contribution < -0.4 is 0 Å². The molecule has 1 unspecified atom stereocenters. The van der Waals surface area contributed by atoms with Crippen molar-refractivity contribution in [2.45, 2.75) is 39.7 Å². The average molecular weight is 142 g/mol. The van der Waals surface area contributed by atoms with Crippen LogP contribution in [0.4, 0.5) is 0 Å². The fourth-order valence-corrected chi connectivity index (χ4v) is 0.300. The van der Waals surface area contributed by atoms with Gasteiger partial charge in [0.1, 0.15) is 6.10 Å². The largest absolute Gasteiger partial charge is 0.393 e. The molecule has 0 fully saturated rings. The van der Waals surface area contributed by atoms with E-state index in [1.54, 1.807) is 0 Å². The standard InChI is InChI=1S/C8H16NO/c1-5-7(3)9-10-8(4)6-2/h8H,1,5-6H2,2-4H3. The topological polar surface area (TPSA) is 21.6 Å². The van der Waals surface area contributed by atoms with Crippen LogP contribution in [0.15, 0.2) is 5.16 Å². The van der Waals surface area contributed by atoms with Crippen LogP contribution in [0, 0.1) is 6.92 Å². The van der Waals surface area contributed by atoms with Crippen LogP contribution in [0.1, 0.15) is 33.6 Å². The molecule has 0 bridgehead atoms. The number of hydrogen-bond acceptors (Lipinski definition) is 2. The van der Waals surface area contributed by atoms with E-state index in [9.17, 15) is 0 Å². The molecule has 0 heterocycles. The molecule has 2 nitrogen and oxygen atoms in total. The number of hydrogen-bond donors (Lipinski definition) is 0. The molecule has 0 aromatic rings. The smallest absolute Gasteiger partial charge is 0.124 e. The van der Waals surface area contributed by atoms with Crippen molar-refractivity contribution in [1.82, 2.24) is 0 Å². The van der Waals surface area contributed by atoms with E-state index in [4.69, 9.17) is 4.84 Å². The lowest BCUT2D eigenvalue weighted by Crippen LogP contribution is -2.03. The summed E-state index contributed by atoms with van der Waals surface area (Å²) < 4.78 is 0. The van der Waals surface area contributed by atoms with E-state index in [0.29, 0.717) is 0 Å². The van der Waals surface area contributed by atoms with Gasteiger partial charge in [-0.05, 0) is 33.6 Å². The Morgan fingerprint density at radius 3 is 2.70 bits per heavy atom. The SMILES string of the molecule is [CH2]CC(C)=NOC(C)CC. The van der Waals surface area contributed by atoms with E-state index in [0.717, 1.165) is 18.6 Å². The Morgan fingerprint density at radius 2 is 2.30 bits per heavy atom. The third-order valence-electron chi connectivity index (χ3n) is 1.33. The van der Waals surface area contributed by atoms with Gasteiger partial charge in [-0.25, -0.2) is 0 Å². The maximum atomic E-state index is 5.09. The highest BCUT2D eigenvalue weighted by Gasteiger charge is 1.95. The van der Waals surface area contributed by atoms with E-state index >= 15 is 0 Å². The molecule has 0 aliphatic rings. The van der Waals surface area contributed by atoms with E-state index in [1.165, 1.54) is 0 Å². The first-order chi connectivity index (χ1) is 4.70. The molecule has 0 N–H and O–H groups in total. The molecule has 0 spiro atoms. The van der Waals surface area contributed by atoms with E-state index in [2.05, 4.69) is 19.0 Å². The molecule has 0 aromatic carbocycles. The summed E-state index contributed by atoms with van der Waals surface area (Å²) >= 11 is 0.